The van der Waals surface area contributed by atoms with Crippen molar-refractivity contribution in [3.8, 4) is 33.6 Å². The van der Waals surface area contributed by atoms with E-state index in [1.165, 1.54) is 4.90 Å². The van der Waals surface area contributed by atoms with Gasteiger partial charge in [0.05, 0.1) is 24.5 Å². The molecule has 0 aliphatic carbocycles. The van der Waals surface area contributed by atoms with Crippen molar-refractivity contribution in [2.24, 2.45) is 11.8 Å². The second-order valence-electron chi connectivity index (χ2n) is 15.4. The highest BCUT2D eigenvalue weighted by Gasteiger charge is 2.27. The largest absolute Gasteiger partial charge is 0.550 e. The lowest BCUT2D eigenvalue weighted by Gasteiger charge is -2.35. The predicted molar refractivity (Wildman–Crippen MR) is 230 cm³/mol. The van der Waals surface area contributed by atoms with Gasteiger partial charge in [-0.05, 0) is 77.5 Å². The summed E-state index contributed by atoms with van der Waals surface area (Å²) in [5, 5.41) is 40.3. The van der Waals surface area contributed by atoms with Gasteiger partial charge in [0, 0.05) is 37.2 Å². The zero-order valence-corrected chi connectivity index (χ0v) is 36.0. The van der Waals surface area contributed by atoms with Crippen LogP contribution in [0.25, 0.3) is 33.6 Å². The summed E-state index contributed by atoms with van der Waals surface area (Å²) in [5.41, 5.74) is 6.75. The molecule has 62 heavy (non-hydrogen) atoms. The lowest BCUT2D eigenvalue weighted by Crippen LogP contribution is -2.52. The Labute approximate surface area is 363 Å². The molecule has 5 aromatic rings. The summed E-state index contributed by atoms with van der Waals surface area (Å²) in [4.78, 5) is 60.9. The van der Waals surface area contributed by atoms with Gasteiger partial charge in [0.15, 0.2) is 0 Å². The highest BCUT2D eigenvalue weighted by molar-refractivity contribution is 5.84. The van der Waals surface area contributed by atoms with Gasteiger partial charge in [-0.25, -0.2) is 0 Å². The standard InChI is InChI=1S/C24H29N5O3.C24H29NO5/c1-4-5-10-21(30)29(22(16(2)3)24(31)32)15-17-11-13-18(14-12-17)19-8-6-7-9-20(19)23-25-27-28-26-23;1-3-30-24(29)17(2)15-21(25-22(26)13-14-23(27)28)16-18-9-11-20(12-10-18)19-7-5-4-6-8-19/h6-9,11-14,16,22H,4-5,10,15H2,1-3H3,(H2,25,26,27,28,31,32);4-12,17,21H,3,13-16H2,1-2H3,(H,25,26)(H,27,28)/p-3/t22-;17-,21+/m01/s1. The Hall–Kier alpha value is -6.70. The molecule has 1 heterocycles. The van der Waals surface area contributed by atoms with Gasteiger partial charge < -0.3 is 39.9 Å². The number of carboxylic acid groups (broad SMARTS) is 2. The minimum Gasteiger partial charge on any atom is -0.550 e. The number of hydrogen-bond donors (Lipinski definition) is 1. The Morgan fingerprint density at radius 3 is 1.94 bits per heavy atom. The van der Waals surface area contributed by atoms with Crippen LogP contribution in [0.2, 0.25) is 0 Å². The normalized spacial score (nSPS) is 12.3. The van der Waals surface area contributed by atoms with E-state index in [2.05, 4.69) is 25.9 Å². The molecule has 0 bridgehead atoms. The molecule has 2 amide bonds. The number of benzene rings is 4. The summed E-state index contributed by atoms with van der Waals surface area (Å²) < 4.78 is 5.07. The lowest BCUT2D eigenvalue weighted by atomic mass is 9.94. The molecule has 328 valence electrons. The van der Waals surface area contributed by atoms with Crippen molar-refractivity contribution in [3.63, 3.8) is 0 Å². The molecule has 1 N–H and O–H groups in total. The number of carbonyl (C=O) groups is 5. The van der Waals surface area contributed by atoms with Crippen LogP contribution in [-0.2, 0) is 41.7 Å². The quantitative estimate of drug-likeness (QED) is 0.0973. The molecule has 0 radical (unpaired) electrons. The summed E-state index contributed by atoms with van der Waals surface area (Å²) in [6.45, 7) is 9.59. The molecule has 0 spiro atoms. The maximum atomic E-state index is 12.8. The molecule has 14 nitrogen and oxygen atoms in total. The Kier molecular flexibility index (Phi) is 19.0. The fraction of sp³-hybridized carbons (Fsp3) is 0.375. The van der Waals surface area contributed by atoms with E-state index in [9.17, 15) is 34.2 Å². The van der Waals surface area contributed by atoms with Crippen molar-refractivity contribution < 1.29 is 38.9 Å². The van der Waals surface area contributed by atoms with Crippen LogP contribution in [0.15, 0.2) is 103 Å². The first kappa shape index (κ1) is 48.0. The van der Waals surface area contributed by atoms with E-state index in [1.54, 1.807) is 27.7 Å². The third-order valence-electron chi connectivity index (χ3n) is 10.2. The molecule has 0 aliphatic rings. The van der Waals surface area contributed by atoms with Crippen molar-refractivity contribution in [3.05, 3.63) is 114 Å². The van der Waals surface area contributed by atoms with Crippen LogP contribution in [0, 0.1) is 11.8 Å². The number of carboxylic acids is 2. The zero-order valence-electron chi connectivity index (χ0n) is 36.0. The van der Waals surface area contributed by atoms with Crippen LogP contribution in [0.4, 0.5) is 0 Å². The van der Waals surface area contributed by atoms with E-state index in [0.29, 0.717) is 31.7 Å². The Bertz CT molecular complexity index is 2180. The van der Waals surface area contributed by atoms with E-state index in [-0.39, 0.29) is 55.0 Å². The second-order valence-corrected chi connectivity index (χ2v) is 15.4. The summed E-state index contributed by atoms with van der Waals surface area (Å²) in [7, 11) is 0. The van der Waals surface area contributed by atoms with Crippen molar-refractivity contribution in [1.29, 1.82) is 0 Å². The SMILES string of the molecule is CCCCC(=O)N(Cc1ccc(-c2ccccc2-c2nnn[n-]2)cc1)[C@H](C(=O)[O-])C(C)C.CCOC(=O)[C@H](C)C[C@@H](Cc1ccc(-c2ccccc2)cc1)NC(=O)CCC(=O)[O-]. The van der Waals surface area contributed by atoms with Crippen LogP contribution in [0.1, 0.15) is 84.3 Å². The molecule has 0 fully saturated rings. The van der Waals surface area contributed by atoms with Gasteiger partial charge in [-0.3, -0.25) is 24.7 Å². The van der Waals surface area contributed by atoms with Crippen LogP contribution in [0.5, 0.6) is 0 Å². The number of ether oxygens (including phenoxy) is 1. The molecule has 14 heteroatoms. The van der Waals surface area contributed by atoms with E-state index < -0.39 is 18.0 Å². The number of unbranched alkanes of at least 4 members (excludes halogenated alkanes) is 1. The zero-order chi connectivity index (χ0) is 45.0. The minimum atomic E-state index is -1.27. The molecule has 0 saturated heterocycles. The molecule has 0 saturated carbocycles. The van der Waals surface area contributed by atoms with Gasteiger partial charge >= 0.3 is 5.97 Å². The fourth-order valence-electron chi connectivity index (χ4n) is 7.01. The predicted octanol–water partition coefficient (Wildman–Crippen LogP) is 4.96. The average Bonchev–Trinajstić information content (AvgIpc) is 3.81. The van der Waals surface area contributed by atoms with Gasteiger partial charge in [0.25, 0.3) is 0 Å². The summed E-state index contributed by atoms with van der Waals surface area (Å²) in [5.74, 6) is -3.55. The average molecular weight is 844 g/mol. The highest BCUT2D eigenvalue weighted by atomic mass is 16.5. The molecule has 3 atom stereocenters. The third-order valence-corrected chi connectivity index (χ3v) is 10.2. The Morgan fingerprint density at radius 2 is 1.35 bits per heavy atom. The number of aromatic nitrogens is 4. The smallest absolute Gasteiger partial charge is 0.308 e. The van der Waals surface area contributed by atoms with Gasteiger partial charge in [-0.15, -0.1) is 0 Å². The third kappa shape index (κ3) is 14.8. The second kappa shape index (κ2) is 24.5. The van der Waals surface area contributed by atoms with Gasteiger partial charge in [0.1, 0.15) is 0 Å². The number of tetrazole rings is 1. The van der Waals surface area contributed by atoms with E-state index >= 15 is 0 Å². The monoisotopic (exact) mass is 843 g/mol. The maximum Gasteiger partial charge on any atom is 0.308 e. The molecular weight excluding hydrogens is 789 g/mol. The Morgan fingerprint density at radius 1 is 0.742 bits per heavy atom. The van der Waals surface area contributed by atoms with Gasteiger partial charge in [0.2, 0.25) is 11.8 Å². The topological polar surface area (TPSA) is 209 Å². The minimum absolute atomic E-state index is 0.153. The summed E-state index contributed by atoms with van der Waals surface area (Å²) in [6, 6.07) is 32.1. The molecule has 0 aliphatic heterocycles. The van der Waals surface area contributed by atoms with Crippen molar-refractivity contribution in [1.82, 2.24) is 30.8 Å². The Balaban J connectivity index is 0.000000273. The molecule has 4 aromatic carbocycles. The van der Waals surface area contributed by atoms with E-state index in [1.807, 2.05) is 110 Å². The number of hydrogen-bond acceptors (Lipinski definition) is 11. The number of aliphatic carboxylic acids is 2. The van der Waals surface area contributed by atoms with E-state index in [0.717, 1.165) is 51.8 Å². The molecule has 1 aromatic heterocycles. The van der Waals surface area contributed by atoms with Gasteiger partial charge in [-0.2, -0.15) is 5.21 Å². The van der Waals surface area contributed by atoms with Crippen LogP contribution in [0.3, 0.4) is 0 Å². The number of rotatable bonds is 21. The number of nitrogens with zero attached hydrogens (tertiary/aromatic N) is 5. The first-order valence-corrected chi connectivity index (χ1v) is 21.0. The number of esters is 1. The number of carbonyl (C=O) groups excluding carboxylic acids is 5. The highest BCUT2D eigenvalue weighted by Crippen LogP contribution is 2.30. The van der Waals surface area contributed by atoms with Crippen LogP contribution < -0.4 is 20.6 Å². The van der Waals surface area contributed by atoms with E-state index in [4.69, 9.17) is 4.74 Å². The lowest BCUT2D eigenvalue weighted by molar-refractivity contribution is -0.313. The summed E-state index contributed by atoms with van der Waals surface area (Å²) >= 11 is 0. The van der Waals surface area contributed by atoms with Crippen LogP contribution >= 0.6 is 0 Å². The maximum absolute atomic E-state index is 12.8. The van der Waals surface area contributed by atoms with Crippen molar-refractivity contribution >= 4 is 29.7 Å². The van der Waals surface area contributed by atoms with Crippen molar-refractivity contribution in [2.75, 3.05) is 6.61 Å². The first-order chi connectivity index (χ1) is 29.8. The number of nitrogens with one attached hydrogen (secondary N) is 1. The molecular formula is C48H55N6O8-3. The fourth-order valence-corrected chi connectivity index (χ4v) is 7.01. The molecule has 5 rings (SSSR count). The van der Waals surface area contributed by atoms with Gasteiger partial charge in [-0.1, -0.05) is 137 Å². The van der Waals surface area contributed by atoms with Crippen LogP contribution in [-0.4, -0.2) is 68.8 Å². The molecule has 0 unspecified atom stereocenters. The van der Waals surface area contributed by atoms with Crippen molar-refractivity contribution in [2.45, 2.75) is 98.2 Å². The first-order valence-electron chi connectivity index (χ1n) is 21.0. The number of amides is 2. The summed E-state index contributed by atoms with van der Waals surface area (Å²) in [6.07, 6.45) is 2.34.